The Morgan fingerprint density at radius 1 is 0.967 bits per heavy atom. The van der Waals surface area contributed by atoms with Crippen LogP contribution in [-0.4, -0.2) is 24.3 Å². The maximum atomic E-state index is 12.5. The van der Waals surface area contributed by atoms with Gasteiger partial charge in [0, 0.05) is 12.5 Å². The molecule has 1 aliphatic carbocycles. The van der Waals surface area contributed by atoms with Crippen LogP contribution in [0, 0.1) is 0 Å². The van der Waals surface area contributed by atoms with E-state index in [0.29, 0.717) is 11.5 Å². The lowest BCUT2D eigenvalue weighted by Gasteiger charge is -2.22. The van der Waals surface area contributed by atoms with E-state index in [1.807, 2.05) is 30.3 Å². The highest BCUT2D eigenvalue weighted by Crippen LogP contribution is 2.32. The zero-order valence-corrected chi connectivity index (χ0v) is 17.2. The quantitative estimate of drug-likeness (QED) is 0.414. The highest BCUT2D eigenvalue weighted by Gasteiger charge is 2.18. The van der Waals surface area contributed by atoms with Crippen LogP contribution in [0.15, 0.2) is 60.3 Å². The van der Waals surface area contributed by atoms with Gasteiger partial charge in [0.2, 0.25) is 5.91 Å². The molecule has 1 amide bonds. The number of ketones is 1. The maximum Gasteiger partial charge on any atom is 0.355 e. The summed E-state index contributed by atoms with van der Waals surface area (Å²) >= 11 is 0. The predicted octanol–water partition coefficient (Wildman–Crippen LogP) is 4.64. The van der Waals surface area contributed by atoms with E-state index < -0.39 is 11.9 Å². The van der Waals surface area contributed by atoms with Crippen LogP contribution in [0.1, 0.15) is 66.4 Å². The Balaban J connectivity index is 1.61. The summed E-state index contributed by atoms with van der Waals surface area (Å²) in [6, 6.07) is 16.7. The van der Waals surface area contributed by atoms with Crippen molar-refractivity contribution in [2.75, 3.05) is 6.61 Å². The molecule has 0 bridgehead atoms. The Hall–Kier alpha value is -3.21. The van der Waals surface area contributed by atoms with Crippen molar-refractivity contribution in [3.8, 4) is 0 Å². The second kappa shape index (κ2) is 10.5. The number of carbonyl (C=O) groups is 3. The van der Waals surface area contributed by atoms with E-state index in [4.69, 9.17) is 4.74 Å². The first-order valence-corrected chi connectivity index (χ1v) is 10.4. The minimum absolute atomic E-state index is 0.00542. The smallest absolute Gasteiger partial charge is 0.355 e. The van der Waals surface area contributed by atoms with Gasteiger partial charge in [-0.15, -0.1) is 0 Å². The van der Waals surface area contributed by atoms with Crippen LogP contribution in [0.2, 0.25) is 0 Å². The summed E-state index contributed by atoms with van der Waals surface area (Å²) in [4.78, 5) is 36.3. The summed E-state index contributed by atoms with van der Waals surface area (Å²) in [5, 5.41) is 2.47. The minimum Gasteiger partial charge on any atom is -0.453 e. The molecule has 1 aliphatic rings. The Bertz CT molecular complexity index is 910. The third kappa shape index (κ3) is 6.14. The summed E-state index contributed by atoms with van der Waals surface area (Å²) in [5.41, 5.74) is 2.51. The molecule has 1 saturated carbocycles. The maximum absolute atomic E-state index is 12.5. The standard InChI is InChI=1S/C25H27NO4/c1-18(27)26-23(16-19-8-4-2-5-9-19)25(29)30-17-24(28)22-14-12-21(13-15-22)20-10-6-3-7-11-20/h2,4-5,8-9,12-16,20H,3,6-7,10-11,17H2,1H3,(H,26,27)/b23-16+. The van der Waals surface area contributed by atoms with Crippen LogP contribution < -0.4 is 5.32 Å². The van der Waals surface area contributed by atoms with Crippen molar-refractivity contribution < 1.29 is 19.1 Å². The Morgan fingerprint density at radius 2 is 1.63 bits per heavy atom. The second-order valence-electron chi connectivity index (χ2n) is 7.61. The summed E-state index contributed by atoms with van der Waals surface area (Å²) < 4.78 is 5.17. The molecule has 5 heteroatoms. The third-order valence-electron chi connectivity index (χ3n) is 5.28. The van der Waals surface area contributed by atoms with Crippen molar-refractivity contribution in [1.82, 2.24) is 5.32 Å². The van der Waals surface area contributed by atoms with Crippen molar-refractivity contribution in [3.05, 3.63) is 77.0 Å². The molecule has 0 aromatic heterocycles. The van der Waals surface area contributed by atoms with Gasteiger partial charge in [0.05, 0.1) is 0 Å². The van der Waals surface area contributed by atoms with Crippen LogP contribution in [0.5, 0.6) is 0 Å². The largest absolute Gasteiger partial charge is 0.453 e. The van der Waals surface area contributed by atoms with Gasteiger partial charge in [0.1, 0.15) is 5.70 Å². The first kappa shape index (κ1) is 21.5. The van der Waals surface area contributed by atoms with Crippen LogP contribution in [0.25, 0.3) is 6.08 Å². The van der Waals surface area contributed by atoms with E-state index in [2.05, 4.69) is 5.32 Å². The van der Waals surface area contributed by atoms with E-state index in [9.17, 15) is 14.4 Å². The van der Waals surface area contributed by atoms with Gasteiger partial charge in [0.15, 0.2) is 12.4 Å². The average Bonchev–Trinajstić information content (AvgIpc) is 2.78. The Kier molecular flexibility index (Phi) is 7.55. The van der Waals surface area contributed by atoms with Crippen molar-refractivity contribution in [2.24, 2.45) is 0 Å². The van der Waals surface area contributed by atoms with Gasteiger partial charge >= 0.3 is 5.97 Å². The second-order valence-corrected chi connectivity index (χ2v) is 7.61. The number of amides is 1. The van der Waals surface area contributed by atoms with Gasteiger partial charge in [-0.25, -0.2) is 4.79 Å². The lowest BCUT2D eigenvalue weighted by Crippen LogP contribution is -2.27. The molecule has 3 rings (SSSR count). The molecule has 2 aromatic rings. The predicted molar refractivity (Wildman–Crippen MR) is 116 cm³/mol. The van der Waals surface area contributed by atoms with Crippen molar-refractivity contribution in [3.63, 3.8) is 0 Å². The molecule has 0 atom stereocenters. The number of Topliss-reactive ketones (excluding diaryl/α,β-unsaturated/α-hetero) is 1. The van der Waals surface area contributed by atoms with E-state index >= 15 is 0 Å². The lowest BCUT2D eigenvalue weighted by molar-refractivity contribution is -0.139. The van der Waals surface area contributed by atoms with Crippen LogP contribution >= 0.6 is 0 Å². The molecule has 5 nitrogen and oxygen atoms in total. The fraction of sp³-hybridized carbons (Fsp3) is 0.320. The number of esters is 1. The molecule has 30 heavy (non-hydrogen) atoms. The van der Waals surface area contributed by atoms with Gasteiger partial charge in [-0.1, -0.05) is 73.9 Å². The molecule has 0 heterocycles. The number of rotatable bonds is 7. The molecule has 2 aromatic carbocycles. The first-order chi connectivity index (χ1) is 14.5. The zero-order valence-electron chi connectivity index (χ0n) is 17.2. The average molecular weight is 405 g/mol. The normalized spacial score (nSPS) is 14.8. The van der Waals surface area contributed by atoms with E-state index in [0.717, 1.165) is 5.56 Å². The zero-order chi connectivity index (χ0) is 21.3. The summed E-state index contributed by atoms with van der Waals surface area (Å²) in [6.45, 7) is 0.929. The Morgan fingerprint density at radius 3 is 2.27 bits per heavy atom. The SMILES string of the molecule is CC(=O)N/C(=C/c1ccccc1)C(=O)OCC(=O)c1ccc(C2CCCCC2)cc1. The molecule has 156 valence electrons. The number of carbonyl (C=O) groups excluding carboxylic acids is 3. The van der Waals surface area contributed by atoms with E-state index in [1.165, 1.54) is 50.7 Å². The lowest BCUT2D eigenvalue weighted by atomic mass is 9.84. The highest BCUT2D eigenvalue weighted by molar-refractivity contribution is 6.01. The fourth-order valence-electron chi connectivity index (χ4n) is 3.72. The Labute approximate surface area is 177 Å². The molecule has 0 saturated heterocycles. The van der Waals surface area contributed by atoms with Gasteiger partial charge < -0.3 is 10.1 Å². The van der Waals surface area contributed by atoms with Gasteiger partial charge in [-0.2, -0.15) is 0 Å². The topological polar surface area (TPSA) is 72.5 Å². The number of hydrogen-bond donors (Lipinski definition) is 1. The molecule has 0 radical (unpaired) electrons. The van der Waals surface area contributed by atoms with Gasteiger partial charge in [-0.05, 0) is 36.0 Å². The molecule has 0 spiro atoms. The number of ether oxygens (including phenoxy) is 1. The van der Waals surface area contributed by atoms with Crippen molar-refractivity contribution in [2.45, 2.75) is 44.9 Å². The molecule has 0 unspecified atom stereocenters. The number of hydrogen-bond acceptors (Lipinski definition) is 4. The van der Waals surface area contributed by atoms with E-state index in [-0.39, 0.29) is 18.1 Å². The molecule has 1 fully saturated rings. The third-order valence-corrected chi connectivity index (χ3v) is 5.28. The number of benzene rings is 2. The van der Waals surface area contributed by atoms with Crippen LogP contribution in [0.3, 0.4) is 0 Å². The summed E-state index contributed by atoms with van der Waals surface area (Å²) in [7, 11) is 0. The molecular weight excluding hydrogens is 378 g/mol. The summed E-state index contributed by atoms with van der Waals surface area (Å²) in [6.07, 6.45) is 7.74. The number of nitrogens with one attached hydrogen (secondary N) is 1. The minimum atomic E-state index is -0.749. The van der Waals surface area contributed by atoms with Crippen molar-refractivity contribution >= 4 is 23.7 Å². The van der Waals surface area contributed by atoms with Gasteiger partial charge in [-0.3, -0.25) is 9.59 Å². The van der Waals surface area contributed by atoms with E-state index in [1.54, 1.807) is 24.3 Å². The monoisotopic (exact) mass is 405 g/mol. The van der Waals surface area contributed by atoms with Crippen LogP contribution in [-0.2, 0) is 14.3 Å². The van der Waals surface area contributed by atoms with Crippen LogP contribution in [0.4, 0.5) is 0 Å². The van der Waals surface area contributed by atoms with Crippen molar-refractivity contribution in [1.29, 1.82) is 0 Å². The summed E-state index contributed by atoms with van der Waals surface area (Å²) in [5.74, 6) is -0.843. The molecule has 1 N–H and O–H groups in total. The first-order valence-electron chi connectivity index (χ1n) is 10.4. The van der Waals surface area contributed by atoms with Gasteiger partial charge in [0.25, 0.3) is 0 Å². The fourth-order valence-corrected chi connectivity index (χ4v) is 3.72. The molecular formula is C25H27NO4. The highest BCUT2D eigenvalue weighted by atomic mass is 16.5. The molecule has 0 aliphatic heterocycles.